The normalized spacial score (nSPS) is 11.1. The zero-order chi connectivity index (χ0) is 22.4. The molecule has 0 aromatic heterocycles. The van der Waals surface area contributed by atoms with E-state index in [1.807, 2.05) is 48.5 Å². The van der Waals surface area contributed by atoms with Crippen molar-refractivity contribution < 1.29 is 14.3 Å². The van der Waals surface area contributed by atoms with Gasteiger partial charge in [0.1, 0.15) is 0 Å². The van der Waals surface area contributed by atoms with Gasteiger partial charge < -0.3 is 15.4 Å². The highest BCUT2D eigenvalue weighted by Crippen LogP contribution is 2.25. The van der Waals surface area contributed by atoms with Crippen LogP contribution in [-0.2, 0) is 16.8 Å². The molecule has 0 bridgehead atoms. The van der Waals surface area contributed by atoms with Crippen LogP contribution in [0, 0.1) is 0 Å². The first-order chi connectivity index (χ1) is 14.8. The minimum absolute atomic E-state index is 0.0215. The summed E-state index contributed by atoms with van der Waals surface area (Å²) in [5.74, 6) is -0.480. The number of ether oxygens (including phenoxy) is 1. The lowest BCUT2D eigenvalue weighted by Gasteiger charge is -2.19. The fourth-order valence-electron chi connectivity index (χ4n) is 3.13. The van der Waals surface area contributed by atoms with Crippen LogP contribution in [0.15, 0.2) is 72.8 Å². The number of hydrogen-bond acceptors (Lipinski definition) is 3. The summed E-state index contributed by atoms with van der Waals surface area (Å²) in [6, 6.07) is 21.9. The lowest BCUT2D eigenvalue weighted by atomic mass is 9.87. The average molecular weight is 417 g/mol. The lowest BCUT2D eigenvalue weighted by molar-refractivity contribution is 0.101. The van der Waals surface area contributed by atoms with Crippen molar-refractivity contribution in [1.29, 1.82) is 0 Å². The van der Waals surface area contributed by atoms with Crippen LogP contribution < -0.4 is 10.6 Å². The van der Waals surface area contributed by atoms with Crippen LogP contribution in [0.2, 0.25) is 0 Å². The summed E-state index contributed by atoms with van der Waals surface area (Å²) in [6.45, 7) is 6.89. The SMILES string of the molecule is COCc1ccc(C(=O)Nc2ccccc2NC(=O)c2ccc(C(C)(C)C)cc2)cc1. The van der Waals surface area contributed by atoms with Crippen molar-refractivity contribution in [2.75, 3.05) is 17.7 Å². The van der Waals surface area contributed by atoms with Gasteiger partial charge in [-0.2, -0.15) is 0 Å². The van der Waals surface area contributed by atoms with Crippen LogP contribution in [0.4, 0.5) is 11.4 Å². The number of benzene rings is 3. The number of anilines is 2. The Morgan fingerprint density at radius 3 is 1.61 bits per heavy atom. The first kappa shape index (κ1) is 22.2. The predicted octanol–water partition coefficient (Wildman–Crippen LogP) is 5.64. The Morgan fingerprint density at radius 1 is 0.742 bits per heavy atom. The minimum atomic E-state index is -0.250. The fourth-order valence-corrected chi connectivity index (χ4v) is 3.13. The summed E-state index contributed by atoms with van der Waals surface area (Å²) >= 11 is 0. The summed E-state index contributed by atoms with van der Waals surface area (Å²) in [5, 5.41) is 5.78. The van der Waals surface area contributed by atoms with Crippen LogP contribution in [0.3, 0.4) is 0 Å². The average Bonchev–Trinajstić information content (AvgIpc) is 2.75. The second kappa shape index (κ2) is 9.58. The highest BCUT2D eigenvalue weighted by molar-refractivity contribution is 6.10. The molecule has 0 atom stereocenters. The number of rotatable bonds is 6. The summed E-state index contributed by atoms with van der Waals surface area (Å²) in [7, 11) is 1.63. The highest BCUT2D eigenvalue weighted by atomic mass is 16.5. The largest absolute Gasteiger partial charge is 0.380 e. The number of methoxy groups -OCH3 is 1. The van der Waals surface area contributed by atoms with Crippen molar-refractivity contribution in [2.24, 2.45) is 0 Å². The molecule has 0 fully saturated rings. The molecule has 5 heteroatoms. The molecule has 0 heterocycles. The zero-order valence-electron chi connectivity index (χ0n) is 18.4. The molecule has 0 radical (unpaired) electrons. The minimum Gasteiger partial charge on any atom is -0.380 e. The van der Waals surface area contributed by atoms with Crippen molar-refractivity contribution in [1.82, 2.24) is 0 Å². The molecular weight excluding hydrogens is 388 g/mol. The number of carbonyl (C=O) groups excluding carboxylic acids is 2. The van der Waals surface area contributed by atoms with Gasteiger partial charge >= 0.3 is 0 Å². The molecule has 31 heavy (non-hydrogen) atoms. The van der Waals surface area contributed by atoms with Crippen molar-refractivity contribution in [2.45, 2.75) is 32.8 Å². The molecule has 5 nitrogen and oxygen atoms in total. The van der Waals surface area contributed by atoms with Gasteiger partial charge in [-0.3, -0.25) is 9.59 Å². The van der Waals surface area contributed by atoms with E-state index in [1.54, 1.807) is 31.4 Å². The van der Waals surface area contributed by atoms with Crippen LogP contribution in [0.1, 0.15) is 52.6 Å². The Hall–Kier alpha value is -3.44. The number of para-hydroxylation sites is 2. The molecule has 2 amide bonds. The van der Waals surface area contributed by atoms with Crippen LogP contribution in [0.5, 0.6) is 0 Å². The molecule has 0 saturated carbocycles. The van der Waals surface area contributed by atoms with Crippen LogP contribution >= 0.6 is 0 Å². The summed E-state index contributed by atoms with van der Waals surface area (Å²) in [6.07, 6.45) is 0. The van der Waals surface area contributed by atoms with Crippen molar-refractivity contribution in [3.05, 3.63) is 95.1 Å². The second-order valence-electron chi connectivity index (χ2n) is 8.41. The van der Waals surface area contributed by atoms with E-state index < -0.39 is 0 Å². The molecule has 2 N–H and O–H groups in total. The standard InChI is InChI=1S/C26H28N2O3/c1-26(2,3)21-15-13-20(14-16-21)25(30)28-23-8-6-5-7-22(23)27-24(29)19-11-9-18(10-12-19)17-31-4/h5-16H,17H2,1-4H3,(H,27,29)(H,28,30). The van der Waals surface area contributed by atoms with Gasteiger partial charge in [0.2, 0.25) is 0 Å². The Kier molecular flexibility index (Phi) is 6.88. The fraction of sp³-hybridized carbons (Fsp3) is 0.231. The zero-order valence-corrected chi connectivity index (χ0v) is 18.4. The Bertz CT molecular complexity index is 1050. The molecule has 3 rings (SSSR count). The Morgan fingerprint density at radius 2 is 1.19 bits per heavy atom. The van der Waals surface area contributed by atoms with E-state index in [4.69, 9.17) is 4.74 Å². The summed E-state index contributed by atoms with van der Waals surface area (Å²) < 4.78 is 5.10. The maximum Gasteiger partial charge on any atom is 0.255 e. The van der Waals surface area contributed by atoms with Gasteiger partial charge in [0.25, 0.3) is 11.8 Å². The summed E-state index contributed by atoms with van der Waals surface area (Å²) in [5.41, 5.74) is 4.33. The smallest absolute Gasteiger partial charge is 0.255 e. The van der Waals surface area contributed by atoms with Crippen LogP contribution in [-0.4, -0.2) is 18.9 Å². The molecule has 0 aliphatic carbocycles. The number of hydrogen-bond donors (Lipinski definition) is 2. The molecule has 160 valence electrons. The van der Waals surface area contributed by atoms with E-state index in [-0.39, 0.29) is 17.2 Å². The second-order valence-corrected chi connectivity index (χ2v) is 8.41. The molecule has 0 spiro atoms. The van der Waals surface area contributed by atoms with Crippen molar-refractivity contribution in [3.63, 3.8) is 0 Å². The maximum absolute atomic E-state index is 12.7. The first-order valence-corrected chi connectivity index (χ1v) is 10.2. The Labute approximate surface area is 183 Å². The van der Waals surface area contributed by atoms with Gasteiger partial charge in [0, 0.05) is 18.2 Å². The third-order valence-corrected chi connectivity index (χ3v) is 4.96. The Balaban J connectivity index is 1.72. The van der Waals surface area contributed by atoms with Gasteiger partial charge in [0.05, 0.1) is 18.0 Å². The van der Waals surface area contributed by atoms with Gasteiger partial charge in [0.15, 0.2) is 0 Å². The molecule has 0 aliphatic heterocycles. The van der Waals surface area contributed by atoms with E-state index in [0.29, 0.717) is 29.1 Å². The summed E-state index contributed by atoms with van der Waals surface area (Å²) in [4.78, 5) is 25.4. The number of carbonyl (C=O) groups is 2. The van der Waals surface area contributed by atoms with Crippen LogP contribution in [0.25, 0.3) is 0 Å². The van der Waals surface area contributed by atoms with Crippen molar-refractivity contribution in [3.8, 4) is 0 Å². The highest BCUT2D eigenvalue weighted by Gasteiger charge is 2.15. The van der Waals surface area contributed by atoms with Gasteiger partial charge in [-0.1, -0.05) is 57.2 Å². The molecule has 3 aromatic rings. The molecular formula is C26H28N2O3. The third kappa shape index (κ3) is 5.80. The number of nitrogens with one attached hydrogen (secondary N) is 2. The van der Waals surface area contributed by atoms with Gasteiger partial charge in [-0.05, 0) is 52.9 Å². The topological polar surface area (TPSA) is 67.4 Å². The molecule has 0 aliphatic rings. The molecule has 3 aromatic carbocycles. The van der Waals surface area contributed by atoms with E-state index in [0.717, 1.165) is 11.1 Å². The van der Waals surface area contributed by atoms with E-state index in [2.05, 4.69) is 31.4 Å². The third-order valence-electron chi connectivity index (χ3n) is 4.96. The lowest BCUT2D eigenvalue weighted by Crippen LogP contribution is -2.17. The van der Waals surface area contributed by atoms with E-state index in [1.165, 1.54) is 0 Å². The molecule has 0 unspecified atom stereocenters. The molecule has 0 saturated heterocycles. The van der Waals surface area contributed by atoms with Gasteiger partial charge in [-0.15, -0.1) is 0 Å². The quantitative estimate of drug-likeness (QED) is 0.547. The number of amides is 2. The maximum atomic E-state index is 12.7. The van der Waals surface area contributed by atoms with Gasteiger partial charge in [-0.25, -0.2) is 0 Å². The van der Waals surface area contributed by atoms with Crippen molar-refractivity contribution >= 4 is 23.2 Å². The predicted molar refractivity (Wildman–Crippen MR) is 125 cm³/mol. The first-order valence-electron chi connectivity index (χ1n) is 10.2. The van der Waals surface area contributed by atoms with E-state index in [9.17, 15) is 9.59 Å². The monoisotopic (exact) mass is 416 g/mol. The van der Waals surface area contributed by atoms with E-state index >= 15 is 0 Å².